The van der Waals surface area contributed by atoms with Crippen LogP contribution in [0.25, 0.3) is 0 Å². The molecule has 3 rings (SSSR count). The summed E-state index contributed by atoms with van der Waals surface area (Å²) in [5.41, 5.74) is 2.11. The van der Waals surface area contributed by atoms with Gasteiger partial charge in [-0.2, -0.15) is 0 Å². The maximum Gasteiger partial charge on any atom is 0.225 e. The van der Waals surface area contributed by atoms with E-state index in [-0.39, 0.29) is 11.8 Å². The van der Waals surface area contributed by atoms with Gasteiger partial charge in [-0.05, 0) is 31.4 Å². The van der Waals surface area contributed by atoms with Crippen LogP contribution < -0.4 is 16.0 Å². The Labute approximate surface area is 125 Å². The number of amides is 1. The summed E-state index contributed by atoms with van der Waals surface area (Å²) in [6, 6.07) is 8.57. The van der Waals surface area contributed by atoms with Gasteiger partial charge in [-0.15, -0.1) is 0 Å². The highest BCUT2D eigenvalue weighted by Gasteiger charge is 2.25. The monoisotopic (exact) mass is 286 g/mol. The van der Waals surface area contributed by atoms with E-state index in [4.69, 9.17) is 0 Å². The van der Waals surface area contributed by atoms with Crippen LogP contribution in [-0.4, -0.2) is 31.0 Å². The molecule has 21 heavy (non-hydrogen) atoms. The molecule has 1 heterocycles. The van der Waals surface area contributed by atoms with Gasteiger partial charge in [-0.25, -0.2) is 0 Å². The fraction of sp³-hybridized carbons (Fsp3) is 0.500. The van der Waals surface area contributed by atoms with Crippen molar-refractivity contribution in [2.24, 2.45) is 4.99 Å². The number of rotatable bonds is 4. The molecule has 5 nitrogen and oxygen atoms in total. The number of hydrogen-bond donors (Lipinski definition) is 3. The summed E-state index contributed by atoms with van der Waals surface area (Å²) in [5, 5.41) is 9.60. The van der Waals surface area contributed by atoms with Crippen LogP contribution in [-0.2, 0) is 4.79 Å². The summed E-state index contributed by atoms with van der Waals surface area (Å²) >= 11 is 0. The number of carbonyl (C=O) groups excluding carboxylic acids is 1. The number of anilines is 1. The van der Waals surface area contributed by atoms with Crippen molar-refractivity contribution in [3.8, 4) is 0 Å². The van der Waals surface area contributed by atoms with Crippen LogP contribution in [0.2, 0.25) is 0 Å². The van der Waals surface area contributed by atoms with Crippen LogP contribution in [0.1, 0.15) is 37.7 Å². The maximum atomic E-state index is 11.8. The van der Waals surface area contributed by atoms with Crippen molar-refractivity contribution in [2.75, 3.05) is 18.4 Å². The first-order valence-electron chi connectivity index (χ1n) is 7.70. The second-order valence-corrected chi connectivity index (χ2v) is 5.67. The average molecular weight is 286 g/mol. The normalized spacial score (nSPS) is 21.5. The lowest BCUT2D eigenvalue weighted by atomic mass is 9.91. The summed E-state index contributed by atoms with van der Waals surface area (Å²) in [6.45, 7) is 3.54. The number of para-hydroxylation sites is 1. The highest BCUT2D eigenvalue weighted by molar-refractivity contribution is 5.94. The van der Waals surface area contributed by atoms with Crippen molar-refractivity contribution in [1.82, 2.24) is 10.6 Å². The molecular weight excluding hydrogens is 264 g/mol. The lowest BCUT2D eigenvalue weighted by molar-refractivity contribution is -0.116. The zero-order chi connectivity index (χ0) is 14.7. The standard InChI is InChI=1S/C16H22N4O/c1-2-17-16(19-12-7-8-12)18-10-11-9-15(21)20-14-6-4-3-5-13(11)14/h3-6,11-12H,2,7-10H2,1H3,(H,20,21)(H2,17,18,19). The molecule has 5 heteroatoms. The lowest BCUT2D eigenvalue weighted by Gasteiger charge is -2.24. The Kier molecular flexibility index (Phi) is 4.08. The number of guanidine groups is 1. The first kappa shape index (κ1) is 13.9. The van der Waals surface area contributed by atoms with Crippen molar-refractivity contribution >= 4 is 17.6 Å². The summed E-state index contributed by atoms with van der Waals surface area (Å²) < 4.78 is 0. The molecule has 0 saturated heterocycles. The minimum absolute atomic E-state index is 0.0778. The number of hydrogen-bond acceptors (Lipinski definition) is 2. The Hall–Kier alpha value is -2.04. The minimum atomic E-state index is 0.0778. The Morgan fingerprint density at radius 1 is 1.38 bits per heavy atom. The van der Waals surface area contributed by atoms with Gasteiger partial charge in [0.2, 0.25) is 5.91 Å². The molecule has 1 amide bonds. The maximum absolute atomic E-state index is 11.8. The zero-order valence-electron chi connectivity index (χ0n) is 12.4. The van der Waals surface area contributed by atoms with Gasteiger partial charge in [-0.1, -0.05) is 18.2 Å². The van der Waals surface area contributed by atoms with Gasteiger partial charge in [0.25, 0.3) is 0 Å². The molecule has 1 aromatic carbocycles. The number of nitrogens with one attached hydrogen (secondary N) is 3. The molecule has 1 saturated carbocycles. The van der Waals surface area contributed by atoms with E-state index >= 15 is 0 Å². The Bertz CT molecular complexity index is 551. The fourth-order valence-corrected chi connectivity index (χ4v) is 2.61. The molecule has 0 aromatic heterocycles. The van der Waals surface area contributed by atoms with Crippen LogP contribution in [0.15, 0.2) is 29.3 Å². The molecule has 1 aliphatic carbocycles. The van der Waals surface area contributed by atoms with Crippen molar-refractivity contribution in [1.29, 1.82) is 0 Å². The summed E-state index contributed by atoms with van der Waals surface area (Å²) in [7, 11) is 0. The number of nitrogens with zero attached hydrogens (tertiary/aromatic N) is 1. The Morgan fingerprint density at radius 3 is 2.95 bits per heavy atom. The van der Waals surface area contributed by atoms with E-state index in [0.717, 1.165) is 18.2 Å². The zero-order valence-corrected chi connectivity index (χ0v) is 12.4. The third-order valence-electron chi connectivity index (χ3n) is 3.84. The molecule has 1 atom stereocenters. The average Bonchev–Trinajstić information content (AvgIpc) is 3.28. The van der Waals surface area contributed by atoms with E-state index in [2.05, 4.69) is 33.9 Å². The van der Waals surface area contributed by atoms with Crippen molar-refractivity contribution in [3.63, 3.8) is 0 Å². The summed E-state index contributed by atoms with van der Waals surface area (Å²) in [5.74, 6) is 1.10. The number of aliphatic imine (C=N–C) groups is 1. The predicted molar refractivity (Wildman–Crippen MR) is 84.6 cm³/mol. The van der Waals surface area contributed by atoms with Crippen LogP contribution >= 0.6 is 0 Å². The Balaban J connectivity index is 1.72. The first-order valence-corrected chi connectivity index (χ1v) is 7.70. The largest absolute Gasteiger partial charge is 0.357 e. The molecule has 2 aliphatic rings. The minimum Gasteiger partial charge on any atom is -0.357 e. The van der Waals surface area contributed by atoms with E-state index < -0.39 is 0 Å². The number of fused-ring (bicyclic) bond motifs is 1. The van der Waals surface area contributed by atoms with Gasteiger partial charge in [0, 0.05) is 30.6 Å². The molecule has 1 aliphatic heterocycles. The van der Waals surface area contributed by atoms with Gasteiger partial charge < -0.3 is 16.0 Å². The molecule has 1 unspecified atom stereocenters. The third kappa shape index (κ3) is 3.54. The number of carbonyl (C=O) groups is 1. The van der Waals surface area contributed by atoms with E-state index in [0.29, 0.717) is 19.0 Å². The van der Waals surface area contributed by atoms with Crippen LogP contribution in [0.4, 0.5) is 5.69 Å². The quantitative estimate of drug-likeness (QED) is 0.584. The second-order valence-electron chi connectivity index (χ2n) is 5.67. The van der Waals surface area contributed by atoms with E-state index in [9.17, 15) is 4.79 Å². The SMILES string of the molecule is CCNC(=NCC1CC(=O)Nc2ccccc21)NC1CC1. The molecule has 3 N–H and O–H groups in total. The smallest absolute Gasteiger partial charge is 0.225 e. The summed E-state index contributed by atoms with van der Waals surface area (Å²) in [6.07, 6.45) is 2.95. The van der Waals surface area contributed by atoms with Gasteiger partial charge in [0.05, 0.1) is 6.54 Å². The van der Waals surface area contributed by atoms with Gasteiger partial charge in [0.15, 0.2) is 5.96 Å². The van der Waals surface area contributed by atoms with Gasteiger partial charge >= 0.3 is 0 Å². The van der Waals surface area contributed by atoms with Crippen LogP contribution in [0.3, 0.4) is 0 Å². The predicted octanol–water partition coefficient (Wildman–Crippen LogP) is 1.83. The molecule has 0 radical (unpaired) electrons. The van der Waals surface area contributed by atoms with Crippen molar-refractivity contribution in [3.05, 3.63) is 29.8 Å². The first-order chi connectivity index (χ1) is 10.3. The topological polar surface area (TPSA) is 65.5 Å². The van der Waals surface area contributed by atoms with Crippen molar-refractivity contribution in [2.45, 2.75) is 38.1 Å². The highest BCUT2D eigenvalue weighted by atomic mass is 16.1. The fourth-order valence-electron chi connectivity index (χ4n) is 2.61. The number of benzene rings is 1. The molecule has 1 fully saturated rings. The van der Waals surface area contributed by atoms with E-state index in [1.807, 2.05) is 18.2 Å². The third-order valence-corrected chi connectivity index (χ3v) is 3.84. The van der Waals surface area contributed by atoms with Gasteiger partial charge in [-0.3, -0.25) is 9.79 Å². The molecule has 0 bridgehead atoms. The lowest BCUT2D eigenvalue weighted by Crippen LogP contribution is -2.39. The molecule has 112 valence electrons. The van der Waals surface area contributed by atoms with Gasteiger partial charge in [0.1, 0.15) is 0 Å². The molecule has 1 aromatic rings. The highest BCUT2D eigenvalue weighted by Crippen LogP contribution is 2.32. The molecular formula is C16H22N4O. The van der Waals surface area contributed by atoms with Crippen molar-refractivity contribution < 1.29 is 4.79 Å². The van der Waals surface area contributed by atoms with Crippen LogP contribution in [0, 0.1) is 0 Å². The second kappa shape index (κ2) is 6.16. The summed E-state index contributed by atoms with van der Waals surface area (Å²) in [4.78, 5) is 16.5. The van der Waals surface area contributed by atoms with E-state index in [1.54, 1.807) is 0 Å². The Morgan fingerprint density at radius 2 is 2.19 bits per heavy atom. The van der Waals surface area contributed by atoms with Crippen LogP contribution in [0.5, 0.6) is 0 Å². The van der Waals surface area contributed by atoms with E-state index in [1.165, 1.54) is 18.4 Å². The molecule has 0 spiro atoms.